The Morgan fingerprint density at radius 1 is 1.62 bits per heavy atom. The molecular weight excluding hydrogens is 212 g/mol. The molecule has 1 saturated carbocycles. The fourth-order valence-electron chi connectivity index (χ4n) is 2.08. The van der Waals surface area contributed by atoms with Crippen molar-refractivity contribution in [2.24, 2.45) is 11.7 Å². The van der Waals surface area contributed by atoms with Gasteiger partial charge < -0.3 is 15.9 Å². The van der Waals surface area contributed by atoms with Gasteiger partial charge in [-0.1, -0.05) is 5.21 Å². The summed E-state index contributed by atoms with van der Waals surface area (Å²) >= 11 is 0. The van der Waals surface area contributed by atoms with Crippen molar-refractivity contribution >= 4 is 5.91 Å². The quantitative estimate of drug-likeness (QED) is 0.591. The predicted molar refractivity (Wildman–Crippen MR) is 53.4 cm³/mol. The Morgan fingerprint density at radius 3 is 2.88 bits per heavy atom. The number of amides is 1. The summed E-state index contributed by atoms with van der Waals surface area (Å²) in [6, 6.07) is -0.238. The second-order valence-corrected chi connectivity index (χ2v) is 4.10. The molecular formula is C9H14N4O3. The van der Waals surface area contributed by atoms with E-state index in [0.29, 0.717) is 12.8 Å². The fraction of sp³-hybridized carbons (Fsp3) is 0.667. The van der Waals surface area contributed by atoms with Gasteiger partial charge in [-0.2, -0.15) is 0 Å². The molecule has 1 aliphatic rings. The number of aliphatic hydroxyl groups excluding tert-OH is 2. The number of hydrogen-bond acceptors (Lipinski definition) is 5. The van der Waals surface area contributed by atoms with Crippen molar-refractivity contribution in [1.82, 2.24) is 15.0 Å². The Bertz CT molecular complexity index is 392. The molecule has 1 amide bonds. The average molecular weight is 226 g/mol. The first-order chi connectivity index (χ1) is 7.61. The van der Waals surface area contributed by atoms with E-state index in [1.165, 1.54) is 10.9 Å². The minimum absolute atomic E-state index is 0.0466. The van der Waals surface area contributed by atoms with Crippen molar-refractivity contribution in [3.63, 3.8) is 0 Å². The lowest BCUT2D eigenvalue weighted by Gasteiger charge is -2.13. The molecule has 7 nitrogen and oxygen atoms in total. The van der Waals surface area contributed by atoms with E-state index in [9.17, 15) is 9.90 Å². The predicted octanol–water partition coefficient (Wildman–Crippen LogP) is -1.32. The van der Waals surface area contributed by atoms with Crippen molar-refractivity contribution in [3.8, 4) is 0 Å². The topological polar surface area (TPSA) is 114 Å². The molecule has 3 unspecified atom stereocenters. The molecule has 1 aromatic rings. The van der Waals surface area contributed by atoms with Gasteiger partial charge in [-0.25, -0.2) is 4.68 Å². The molecule has 88 valence electrons. The van der Waals surface area contributed by atoms with Crippen LogP contribution in [0.3, 0.4) is 0 Å². The number of carbonyl (C=O) groups is 1. The molecule has 2 rings (SSSR count). The Morgan fingerprint density at radius 2 is 2.38 bits per heavy atom. The molecule has 0 aromatic carbocycles. The Hall–Kier alpha value is -1.47. The zero-order chi connectivity index (χ0) is 11.7. The minimum Gasteiger partial charge on any atom is -0.396 e. The maximum Gasteiger partial charge on any atom is 0.270 e. The number of nitrogens with two attached hydrogens (primary N) is 1. The average Bonchev–Trinajstić information content (AvgIpc) is 2.83. The third kappa shape index (κ3) is 1.91. The highest BCUT2D eigenvalue weighted by Gasteiger charge is 2.34. The Kier molecular flexibility index (Phi) is 2.88. The Labute approximate surface area is 91.9 Å². The van der Waals surface area contributed by atoms with Crippen LogP contribution in [-0.2, 0) is 0 Å². The lowest BCUT2D eigenvalue weighted by molar-refractivity contribution is 0.0995. The van der Waals surface area contributed by atoms with Gasteiger partial charge in [0.2, 0.25) is 0 Å². The number of aliphatic hydroxyl groups is 2. The van der Waals surface area contributed by atoms with Crippen LogP contribution in [0.2, 0.25) is 0 Å². The lowest BCUT2D eigenvalue weighted by Crippen LogP contribution is -2.18. The van der Waals surface area contributed by atoms with Crippen molar-refractivity contribution < 1.29 is 15.0 Å². The van der Waals surface area contributed by atoms with E-state index >= 15 is 0 Å². The number of rotatable bonds is 3. The lowest BCUT2D eigenvalue weighted by atomic mass is 10.1. The first-order valence-corrected chi connectivity index (χ1v) is 5.12. The van der Waals surface area contributed by atoms with Gasteiger partial charge in [0.15, 0.2) is 5.69 Å². The third-order valence-corrected chi connectivity index (χ3v) is 2.95. The summed E-state index contributed by atoms with van der Waals surface area (Å²) in [7, 11) is 0. The van der Waals surface area contributed by atoms with Gasteiger partial charge >= 0.3 is 0 Å². The zero-order valence-electron chi connectivity index (χ0n) is 8.65. The van der Waals surface area contributed by atoms with Crippen molar-refractivity contribution in [1.29, 1.82) is 0 Å². The summed E-state index contributed by atoms with van der Waals surface area (Å²) in [5.74, 6) is -0.571. The summed E-state index contributed by atoms with van der Waals surface area (Å²) in [5.41, 5.74) is 5.14. The molecule has 1 heterocycles. The third-order valence-electron chi connectivity index (χ3n) is 2.95. The number of carbonyl (C=O) groups excluding carboxylic acids is 1. The highest BCUT2D eigenvalue weighted by atomic mass is 16.3. The number of hydrogen-bond donors (Lipinski definition) is 3. The molecule has 3 atom stereocenters. The SMILES string of the molecule is NC(=O)c1cn(C2CC(CO)CC2O)nn1. The molecule has 7 heteroatoms. The van der Waals surface area contributed by atoms with Crippen LogP contribution < -0.4 is 5.73 Å². The number of primary amides is 1. The summed E-state index contributed by atoms with van der Waals surface area (Å²) in [5, 5.41) is 26.2. The van der Waals surface area contributed by atoms with Gasteiger partial charge in [0.05, 0.1) is 18.3 Å². The maximum absolute atomic E-state index is 10.8. The van der Waals surface area contributed by atoms with E-state index in [2.05, 4.69) is 10.3 Å². The molecule has 1 aromatic heterocycles. The summed E-state index contributed by atoms with van der Waals surface area (Å²) in [6.07, 6.45) is 2.02. The molecule has 0 bridgehead atoms. The molecule has 0 spiro atoms. The molecule has 1 aliphatic carbocycles. The number of aromatic nitrogens is 3. The first-order valence-electron chi connectivity index (χ1n) is 5.12. The van der Waals surface area contributed by atoms with Crippen LogP contribution >= 0.6 is 0 Å². The maximum atomic E-state index is 10.8. The molecule has 0 aliphatic heterocycles. The van der Waals surface area contributed by atoms with E-state index in [1.54, 1.807) is 0 Å². The fourth-order valence-corrected chi connectivity index (χ4v) is 2.08. The highest BCUT2D eigenvalue weighted by molar-refractivity contribution is 5.90. The van der Waals surface area contributed by atoms with E-state index in [0.717, 1.165) is 0 Å². The summed E-state index contributed by atoms with van der Waals surface area (Å²) in [6.45, 7) is 0.0466. The zero-order valence-corrected chi connectivity index (χ0v) is 8.65. The van der Waals surface area contributed by atoms with Crippen LogP contribution in [0, 0.1) is 5.92 Å². The van der Waals surface area contributed by atoms with E-state index < -0.39 is 12.0 Å². The summed E-state index contributed by atoms with van der Waals surface area (Å²) < 4.78 is 1.44. The van der Waals surface area contributed by atoms with Gasteiger partial charge in [0.1, 0.15) is 0 Å². The normalized spacial score (nSPS) is 29.5. The van der Waals surface area contributed by atoms with Crippen molar-refractivity contribution in [3.05, 3.63) is 11.9 Å². The monoisotopic (exact) mass is 226 g/mol. The van der Waals surface area contributed by atoms with Crippen LogP contribution in [0.15, 0.2) is 6.20 Å². The second kappa shape index (κ2) is 4.18. The largest absolute Gasteiger partial charge is 0.396 e. The van der Waals surface area contributed by atoms with Gasteiger partial charge in [-0.3, -0.25) is 4.79 Å². The van der Waals surface area contributed by atoms with Gasteiger partial charge in [-0.15, -0.1) is 5.10 Å². The van der Waals surface area contributed by atoms with Gasteiger partial charge in [0.25, 0.3) is 5.91 Å². The standard InChI is InChI=1S/C9H14N4O3/c10-9(16)6-3-13(12-11-6)7-1-5(4-14)2-8(7)15/h3,5,7-8,14-15H,1-2,4H2,(H2,10,16). The smallest absolute Gasteiger partial charge is 0.270 e. The Balaban J connectivity index is 2.15. The van der Waals surface area contributed by atoms with E-state index in [-0.39, 0.29) is 24.3 Å². The molecule has 0 saturated heterocycles. The molecule has 16 heavy (non-hydrogen) atoms. The van der Waals surface area contributed by atoms with Gasteiger partial charge in [0, 0.05) is 6.61 Å². The van der Waals surface area contributed by atoms with Crippen molar-refractivity contribution in [2.75, 3.05) is 6.61 Å². The number of nitrogens with zero attached hydrogens (tertiary/aromatic N) is 3. The molecule has 1 fully saturated rings. The highest BCUT2D eigenvalue weighted by Crippen LogP contribution is 2.33. The van der Waals surface area contributed by atoms with Gasteiger partial charge in [-0.05, 0) is 18.8 Å². The summed E-state index contributed by atoms with van der Waals surface area (Å²) in [4.78, 5) is 10.8. The second-order valence-electron chi connectivity index (χ2n) is 4.10. The van der Waals surface area contributed by atoms with E-state index in [4.69, 9.17) is 10.8 Å². The van der Waals surface area contributed by atoms with Crippen LogP contribution in [0.4, 0.5) is 0 Å². The minimum atomic E-state index is -0.641. The molecule has 0 radical (unpaired) electrons. The van der Waals surface area contributed by atoms with E-state index in [1.807, 2.05) is 0 Å². The van der Waals surface area contributed by atoms with Crippen LogP contribution in [0.5, 0.6) is 0 Å². The van der Waals surface area contributed by atoms with Crippen molar-refractivity contribution in [2.45, 2.75) is 25.0 Å². The first kappa shape index (κ1) is 11.0. The molecule has 4 N–H and O–H groups in total. The van der Waals surface area contributed by atoms with Crippen LogP contribution in [-0.4, -0.2) is 43.8 Å². The van der Waals surface area contributed by atoms with Crippen LogP contribution in [0.1, 0.15) is 29.4 Å². The van der Waals surface area contributed by atoms with Crippen LogP contribution in [0.25, 0.3) is 0 Å².